The van der Waals surface area contributed by atoms with E-state index in [-0.39, 0.29) is 11.8 Å². The Morgan fingerprint density at radius 2 is 1.92 bits per heavy atom. The van der Waals surface area contributed by atoms with E-state index >= 15 is 0 Å². The highest BCUT2D eigenvalue weighted by Crippen LogP contribution is 2.17. The van der Waals surface area contributed by atoms with Crippen LogP contribution in [0.15, 0.2) is 24.3 Å². The largest absolute Gasteiger partial charge is 0.481 e. The van der Waals surface area contributed by atoms with Crippen molar-refractivity contribution in [2.24, 2.45) is 0 Å². The molecule has 132 valence electrons. The summed E-state index contributed by atoms with van der Waals surface area (Å²) < 4.78 is 10.9. The zero-order chi connectivity index (χ0) is 17.4. The number of amides is 2. The summed E-state index contributed by atoms with van der Waals surface area (Å²) in [5, 5.41) is 5.56. The average molecular weight is 335 g/mol. The summed E-state index contributed by atoms with van der Waals surface area (Å²) in [6, 6.07) is 6.92. The second kappa shape index (κ2) is 9.24. The highest BCUT2D eigenvalue weighted by atomic mass is 16.5. The van der Waals surface area contributed by atoms with Crippen LogP contribution in [-0.4, -0.2) is 62.2 Å². The Bertz CT molecular complexity index is 541. The Morgan fingerprint density at radius 3 is 2.54 bits per heavy atom. The topological polar surface area (TPSA) is 79.9 Å². The molecule has 2 N–H and O–H groups in total. The SMILES string of the molecule is CC(=O)Nc1ccc(OC(C)C(=O)NCCN2CCOCC2)cc1. The first-order valence-electron chi connectivity index (χ1n) is 8.17. The van der Waals surface area contributed by atoms with Gasteiger partial charge in [-0.3, -0.25) is 14.5 Å². The lowest BCUT2D eigenvalue weighted by molar-refractivity contribution is -0.127. The van der Waals surface area contributed by atoms with Crippen LogP contribution in [0, 0.1) is 0 Å². The maximum atomic E-state index is 12.1. The van der Waals surface area contributed by atoms with Crippen molar-refractivity contribution in [3.8, 4) is 5.75 Å². The Morgan fingerprint density at radius 1 is 1.25 bits per heavy atom. The van der Waals surface area contributed by atoms with Gasteiger partial charge in [0.1, 0.15) is 5.75 Å². The molecule has 7 nitrogen and oxygen atoms in total. The highest BCUT2D eigenvalue weighted by Gasteiger charge is 2.15. The monoisotopic (exact) mass is 335 g/mol. The minimum absolute atomic E-state index is 0.128. The number of ether oxygens (including phenoxy) is 2. The van der Waals surface area contributed by atoms with Crippen molar-refractivity contribution >= 4 is 17.5 Å². The van der Waals surface area contributed by atoms with Gasteiger partial charge in [-0.1, -0.05) is 0 Å². The molecule has 2 amide bonds. The number of hydrogen-bond acceptors (Lipinski definition) is 5. The molecule has 1 aromatic rings. The van der Waals surface area contributed by atoms with Gasteiger partial charge in [0.25, 0.3) is 5.91 Å². The fraction of sp³-hybridized carbons (Fsp3) is 0.529. The first-order chi connectivity index (χ1) is 11.5. The molecule has 1 aliphatic heterocycles. The molecule has 1 saturated heterocycles. The predicted molar refractivity (Wildman–Crippen MR) is 91.1 cm³/mol. The first-order valence-corrected chi connectivity index (χ1v) is 8.17. The predicted octanol–water partition coefficient (Wildman–Crippen LogP) is 0.861. The van der Waals surface area contributed by atoms with Crippen LogP contribution < -0.4 is 15.4 Å². The Balaban J connectivity index is 1.71. The number of hydrogen-bond donors (Lipinski definition) is 2. The molecule has 7 heteroatoms. The van der Waals surface area contributed by atoms with Crippen molar-refractivity contribution in [1.82, 2.24) is 10.2 Å². The van der Waals surface area contributed by atoms with Crippen LogP contribution in [0.5, 0.6) is 5.75 Å². The smallest absolute Gasteiger partial charge is 0.260 e. The number of benzene rings is 1. The van der Waals surface area contributed by atoms with Gasteiger partial charge in [0.15, 0.2) is 6.10 Å². The van der Waals surface area contributed by atoms with Gasteiger partial charge in [0, 0.05) is 38.8 Å². The lowest BCUT2D eigenvalue weighted by Crippen LogP contribution is -2.43. The summed E-state index contributed by atoms with van der Waals surface area (Å²) in [6.45, 7) is 7.88. The highest BCUT2D eigenvalue weighted by molar-refractivity contribution is 5.88. The van der Waals surface area contributed by atoms with E-state index in [1.807, 2.05) is 0 Å². The summed E-state index contributed by atoms with van der Waals surface area (Å²) in [4.78, 5) is 25.3. The fourth-order valence-corrected chi connectivity index (χ4v) is 2.38. The van der Waals surface area contributed by atoms with Gasteiger partial charge in [-0.05, 0) is 31.2 Å². The fourth-order valence-electron chi connectivity index (χ4n) is 2.38. The van der Waals surface area contributed by atoms with Crippen molar-refractivity contribution in [1.29, 1.82) is 0 Å². The Kier molecular flexibility index (Phi) is 7.02. The number of carbonyl (C=O) groups excluding carboxylic acids is 2. The normalized spacial score (nSPS) is 16.2. The zero-order valence-corrected chi connectivity index (χ0v) is 14.2. The molecule has 0 bridgehead atoms. The van der Waals surface area contributed by atoms with E-state index in [4.69, 9.17) is 9.47 Å². The molecule has 0 saturated carbocycles. The van der Waals surface area contributed by atoms with Crippen LogP contribution in [0.3, 0.4) is 0 Å². The molecule has 1 atom stereocenters. The maximum Gasteiger partial charge on any atom is 0.260 e. The molecule has 24 heavy (non-hydrogen) atoms. The van der Waals surface area contributed by atoms with Gasteiger partial charge >= 0.3 is 0 Å². The van der Waals surface area contributed by atoms with Gasteiger partial charge in [0.2, 0.25) is 5.91 Å². The third-order valence-corrected chi connectivity index (χ3v) is 3.69. The van der Waals surface area contributed by atoms with Crippen molar-refractivity contribution in [2.45, 2.75) is 20.0 Å². The van der Waals surface area contributed by atoms with E-state index in [1.54, 1.807) is 31.2 Å². The van der Waals surface area contributed by atoms with E-state index < -0.39 is 6.10 Å². The summed E-state index contributed by atoms with van der Waals surface area (Å²) in [6.07, 6.45) is -0.582. The molecular formula is C17H25N3O4. The second-order valence-electron chi connectivity index (χ2n) is 5.71. The molecular weight excluding hydrogens is 310 g/mol. The van der Waals surface area contributed by atoms with Crippen molar-refractivity contribution < 1.29 is 19.1 Å². The molecule has 1 aliphatic rings. The molecule has 0 radical (unpaired) electrons. The summed E-state index contributed by atoms with van der Waals surface area (Å²) in [5.41, 5.74) is 0.692. The molecule has 1 heterocycles. The van der Waals surface area contributed by atoms with E-state index in [1.165, 1.54) is 6.92 Å². The van der Waals surface area contributed by atoms with Crippen LogP contribution in [-0.2, 0) is 14.3 Å². The summed E-state index contributed by atoms with van der Waals surface area (Å²) in [5.74, 6) is 0.311. The maximum absolute atomic E-state index is 12.1. The summed E-state index contributed by atoms with van der Waals surface area (Å²) >= 11 is 0. The minimum atomic E-state index is -0.582. The second-order valence-corrected chi connectivity index (χ2v) is 5.71. The number of anilines is 1. The Labute approximate surface area is 142 Å². The number of morpholine rings is 1. The molecule has 2 rings (SSSR count). The standard InChI is InChI=1S/C17H25N3O4/c1-13(17(22)18-7-8-20-9-11-23-12-10-20)24-16-5-3-15(4-6-16)19-14(2)21/h3-6,13H,7-12H2,1-2H3,(H,18,22)(H,19,21). The zero-order valence-electron chi connectivity index (χ0n) is 14.2. The number of nitrogens with one attached hydrogen (secondary N) is 2. The lowest BCUT2D eigenvalue weighted by Gasteiger charge is -2.26. The first kappa shape index (κ1) is 18.2. The van der Waals surface area contributed by atoms with Crippen LogP contribution in [0.25, 0.3) is 0 Å². The van der Waals surface area contributed by atoms with Gasteiger partial charge in [-0.25, -0.2) is 0 Å². The van der Waals surface area contributed by atoms with Crippen LogP contribution >= 0.6 is 0 Å². The molecule has 0 aliphatic carbocycles. The molecule has 1 aromatic carbocycles. The van der Waals surface area contributed by atoms with Crippen molar-refractivity contribution in [2.75, 3.05) is 44.7 Å². The third-order valence-electron chi connectivity index (χ3n) is 3.69. The molecule has 0 aromatic heterocycles. The molecule has 1 unspecified atom stereocenters. The average Bonchev–Trinajstić information content (AvgIpc) is 2.57. The lowest BCUT2D eigenvalue weighted by atomic mass is 10.3. The summed E-state index contributed by atoms with van der Waals surface area (Å²) in [7, 11) is 0. The van der Waals surface area contributed by atoms with Gasteiger partial charge in [-0.15, -0.1) is 0 Å². The van der Waals surface area contributed by atoms with Gasteiger partial charge in [-0.2, -0.15) is 0 Å². The molecule has 0 spiro atoms. The van der Waals surface area contributed by atoms with Gasteiger partial charge < -0.3 is 20.1 Å². The van der Waals surface area contributed by atoms with E-state index in [0.717, 1.165) is 32.8 Å². The van der Waals surface area contributed by atoms with E-state index in [9.17, 15) is 9.59 Å². The van der Waals surface area contributed by atoms with E-state index in [2.05, 4.69) is 15.5 Å². The van der Waals surface area contributed by atoms with Crippen molar-refractivity contribution in [3.63, 3.8) is 0 Å². The molecule has 1 fully saturated rings. The number of carbonyl (C=O) groups is 2. The Hall–Kier alpha value is -2.12. The van der Waals surface area contributed by atoms with Crippen molar-refractivity contribution in [3.05, 3.63) is 24.3 Å². The minimum Gasteiger partial charge on any atom is -0.481 e. The quantitative estimate of drug-likeness (QED) is 0.773. The third kappa shape index (κ3) is 6.17. The van der Waals surface area contributed by atoms with Crippen LogP contribution in [0.1, 0.15) is 13.8 Å². The number of nitrogens with zero attached hydrogens (tertiary/aromatic N) is 1. The number of rotatable bonds is 7. The van der Waals surface area contributed by atoms with E-state index in [0.29, 0.717) is 18.0 Å². The van der Waals surface area contributed by atoms with Crippen LogP contribution in [0.4, 0.5) is 5.69 Å². The van der Waals surface area contributed by atoms with Crippen LogP contribution in [0.2, 0.25) is 0 Å². The van der Waals surface area contributed by atoms with Gasteiger partial charge in [0.05, 0.1) is 13.2 Å².